The second kappa shape index (κ2) is 7.00. The number of anilines is 1. The molecule has 9 heteroatoms. The first kappa shape index (κ1) is 17.9. The largest absolute Gasteiger partial charge is 0.573 e. The van der Waals surface area contributed by atoms with E-state index in [4.69, 9.17) is 0 Å². The zero-order valence-electron chi connectivity index (χ0n) is 12.2. The lowest BCUT2D eigenvalue weighted by Crippen LogP contribution is -2.17. The molecule has 0 aliphatic heterocycles. The van der Waals surface area contributed by atoms with Gasteiger partial charge >= 0.3 is 6.36 Å². The van der Waals surface area contributed by atoms with Gasteiger partial charge in [-0.25, -0.2) is 4.39 Å². The molecule has 2 aromatic rings. The van der Waals surface area contributed by atoms with Crippen LogP contribution in [-0.2, 0) is 10.8 Å². The second-order valence-electron chi connectivity index (χ2n) is 4.63. The number of benzene rings is 2. The van der Waals surface area contributed by atoms with Gasteiger partial charge in [0.05, 0.1) is 15.7 Å². The Bertz CT molecular complexity index is 775. The maximum atomic E-state index is 13.7. The van der Waals surface area contributed by atoms with Gasteiger partial charge in [-0.3, -0.25) is 9.00 Å². The van der Waals surface area contributed by atoms with Gasteiger partial charge in [0.25, 0.3) is 5.91 Å². The van der Waals surface area contributed by atoms with Gasteiger partial charge in [0.15, 0.2) is 0 Å². The lowest BCUT2D eigenvalue weighted by atomic mass is 10.2. The van der Waals surface area contributed by atoms with Crippen LogP contribution in [0.3, 0.4) is 0 Å². The van der Waals surface area contributed by atoms with Gasteiger partial charge in [0, 0.05) is 17.5 Å². The Morgan fingerprint density at radius 2 is 1.75 bits per heavy atom. The Balaban J connectivity index is 2.10. The number of hydrogen-bond acceptors (Lipinski definition) is 3. The van der Waals surface area contributed by atoms with Gasteiger partial charge in [0.2, 0.25) is 0 Å². The number of hydrogen-bond donors (Lipinski definition) is 1. The molecule has 1 N–H and O–H groups in total. The van der Waals surface area contributed by atoms with Crippen LogP contribution in [0.5, 0.6) is 5.75 Å². The number of carbonyl (C=O) groups excluding carboxylic acids is 1. The summed E-state index contributed by atoms with van der Waals surface area (Å²) in [6.07, 6.45) is -3.50. The number of carbonyl (C=O) groups is 1. The lowest BCUT2D eigenvalue weighted by molar-refractivity contribution is -0.274. The molecule has 0 saturated carbocycles. The number of ether oxygens (including phenoxy) is 1. The third kappa shape index (κ3) is 4.79. The molecule has 0 spiro atoms. The Morgan fingerprint density at radius 3 is 2.25 bits per heavy atom. The van der Waals surface area contributed by atoms with E-state index in [0.29, 0.717) is 0 Å². The first-order chi connectivity index (χ1) is 11.2. The zero-order valence-corrected chi connectivity index (χ0v) is 13.0. The highest BCUT2D eigenvalue weighted by molar-refractivity contribution is 7.84. The predicted molar refractivity (Wildman–Crippen MR) is 79.8 cm³/mol. The molecule has 0 bridgehead atoms. The second-order valence-corrected chi connectivity index (χ2v) is 5.97. The number of amides is 1. The summed E-state index contributed by atoms with van der Waals surface area (Å²) in [6.45, 7) is 0. The van der Waals surface area contributed by atoms with Crippen molar-refractivity contribution in [3.63, 3.8) is 0 Å². The summed E-state index contributed by atoms with van der Waals surface area (Å²) in [5.41, 5.74) is 0.190. The molecule has 0 heterocycles. The van der Waals surface area contributed by atoms with E-state index >= 15 is 0 Å². The van der Waals surface area contributed by atoms with Crippen molar-refractivity contribution >= 4 is 22.4 Å². The first-order valence-electron chi connectivity index (χ1n) is 6.46. The molecule has 0 aliphatic carbocycles. The van der Waals surface area contributed by atoms with Crippen LogP contribution in [0, 0.1) is 5.82 Å². The Hall–Kier alpha value is -2.42. The van der Waals surface area contributed by atoms with E-state index in [2.05, 4.69) is 10.1 Å². The average molecular weight is 361 g/mol. The zero-order chi connectivity index (χ0) is 17.9. The molecule has 0 unspecified atom stereocenters. The summed E-state index contributed by atoms with van der Waals surface area (Å²) in [6, 6.07) is 7.93. The topological polar surface area (TPSA) is 55.4 Å². The molecular formula is C15H11F4NO3S. The van der Waals surface area contributed by atoms with Gasteiger partial charge in [0.1, 0.15) is 11.6 Å². The molecule has 128 valence electrons. The van der Waals surface area contributed by atoms with Crippen LogP contribution in [0.1, 0.15) is 10.4 Å². The van der Waals surface area contributed by atoms with Crippen LogP contribution < -0.4 is 10.1 Å². The molecule has 4 nitrogen and oxygen atoms in total. The van der Waals surface area contributed by atoms with Gasteiger partial charge in [-0.05, 0) is 42.5 Å². The first-order valence-corrected chi connectivity index (χ1v) is 8.01. The minimum atomic E-state index is -4.82. The van der Waals surface area contributed by atoms with E-state index in [9.17, 15) is 26.6 Å². The molecule has 2 aromatic carbocycles. The molecule has 1 atom stereocenters. The third-order valence-electron chi connectivity index (χ3n) is 2.85. The summed E-state index contributed by atoms with van der Waals surface area (Å²) >= 11 is 0. The van der Waals surface area contributed by atoms with E-state index in [1.54, 1.807) is 0 Å². The molecule has 0 fully saturated rings. The van der Waals surface area contributed by atoms with Crippen molar-refractivity contribution < 1.29 is 31.3 Å². The van der Waals surface area contributed by atoms with E-state index in [1.165, 1.54) is 18.4 Å². The standard InChI is InChI=1S/C15H11F4NO3S/c1-24(22)13-7-4-10(8-12(13)16)20-14(21)9-2-5-11(6-3-9)23-15(17,18)19/h2-8H,1H3,(H,20,21)/t24-/m0/s1. The SMILES string of the molecule is C[S@](=O)c1ccc(NC(=O)c2ccc(OC(F)(F)F)cc2)cc1F. The molecule has 0 aromatic heterocycles. The molecule has 1 amide bonds. The summed E-state index contributed by atoms with van der Waals surface area (Å²) in [4.78, 5) is 12.0. The van der Waals surface area contributed by atoms with Crippen LogP contribution >= 0.6 is 0 Å². The lowest BCUT2D eigenvalue weighted by Gasteiger charge is -2.10. The Kier molecular flexibility index (Phi) is 5.23. The monoisotopic (exact) mass is 361 g/mol. The predicted octanol–water partition coefficient (Wildman–Crippen LogP) is 3.71. The maximum absolute atomic E-state index is 13.7. The summed E-state index contributed by atoms with van der Waals surface area (Å²) < 4.78 is 64.8. The van der Waals surface area contributed by atoms with Crippen molar-refractivity contribution in [2.45, 2.75) is 11.3 Å². The number of rotatable bonds is 4. The smallest absolute Gasteiger partial charge is 0.406 e. The number of alkyl halides is 3. The molecule has 2 rings (SSSR count). The highest BCUT2D eigenvalue weighted by Crippen LogP contribution is 2.23. The fraction of sp³-hybridized carbons (Fsp3) is 0.133. The minimum Gasteiger partial charge on any atom is -0.406 e. The summed E-state index contributed by atoms with van der Waals surface area (Å²) in [5.74, 6) is -1.83. The van der Waals surface area contributed by atoms with E-state index in [0.717, 1.165) is 30.3 Å². The summed E-state index contributed by atoms with van der Waals surface area (Å²) in [7, 11) is -1.50. The van der Waals surface area contributed by atoms with E-state index < -0.39 is 34.6 Å². The van der Waals surface area contributed by atoms with Crippen LogP contribution in [0.4, 0.5) is 23.2 Å². The van der Waals surface area contributed by atoms with Crippen LogP contribution in [0.25, 0.3) is 0 Å². The molecule has 0 saturated heterocycles. The highest BCUT2D eigenvalue weighted by Gasteiger charge is 2.31. The maximum Gasteiger partial charge on any atom is 0.573 e. The van der Waals surface area contributed by atoms with Gasteiger partial charge in [-0.15, -0.1) is 13.2 Å². The molecule has 0 radical (unpaired) electrons. The van der Waals surface area contributed by atoms with Crippen LogP contribution in [0.15, 0.2) is 47.4 Å². The third-order valence-corrected chi connectivity index (χ3v) is 3.80. The average Bonchev–Trinajstić information content (AvgIpc) is 2.45. The molecule has 24 heavy (non-hydrogen) atoms. The van der Waals surface area contributed by atoms with Crippen molar-refractivity contribution in [2.75, 3.05) is 11.6 Å². The fourth-order valence-corrected chi connectivity index (χ4v) is 2.42. The minimum absolute atomic E-state index is 0.00153. The van der Waals surface area contributed by atoms with Crippen LogP contribution in [-0.4, -0.2) is 22.7 Å². The van der Waals surface area contributed by atoms with Gasteiger partial charge < -0.3 is 10.1 Å². The quantitative estimate of drug-likeness (QED) is 0.845. The van der Waals surface area contributed by atoms with Crippen molar-refractivity contribution in [1.82, 2.24) is 0 Å². The summed E-state index contributed by atoms with van der Waals surface area (Å²) in [5, 5.41) is 2.39. The van der Waals surface area contributed by atoms with E-state index in [-0.39, 0.29) is 16.1 Å². The Labute approximate surface area is 136 Å². The van der Waals surface area contributed by atoms with Gasteiger partial charge in [-0.1, -0.05) is 0 Å². The fourth-order valence-electron chi connectivity index (χ4n) is 1.82. The highest BCUT2D eigenvalue weighted by atomic mass is 32.2. The van der Waals surface area contributed by atoms with Crippen molar-refractivity contribution in [1.29, 1.82) is 0 Å². The normalized spacial score (nSPS) is 12.5. The van der Waals surface area contributed by atoms with Crippen LogP contribution in [0.2, 0.25) is 0 Å². The van der Waals surface area contributed by atoms with Crippen molar-refractivity contribution in [2.24, 2.45) is 0 Å². The van der Waals surface area contributed by atoms with Gasteiger partial charge in [-0.2, -0.15) is 0 Å². The Morgan fingerprint density at radius 1 is 1.12 bits per heavy atom. The van der Waals surface area contributed by atoms with Crippen molar-refractivity contribution in [3.8, 4) is 5.75 Å². The number of nitrogens with one attached hydrogen (secondary N) is 1. The molecular weight excluding hydrogens is 350 g/mol. The molecule has 0 aliphatic rings. The van der Waals surface area contributed by atoms with Crippen molar-refractivity contribution in [3.05, 3.63) is 53.8 Å². The number of halogens is 4. The van der Waals surface area contributed by atoms with E-state index in [1.807, 2.05) is 0 Å².